The maximum absolute atomic E-state index is 12.4. The van der Waals surface area contributed by atoms with E-state index in [9.17, 15) is 4.79 Å². The van der Waals surface area contributed by atoms with E-state index in [1.807, 2.05) is 38.1 Å². The van der Waals surface area contributed by atoms with Crippen molar-refractivity contribution in [3.05, 3.63) is 53.6 Å². The fourth-order valence-electron chi connectivity index (χ4n) is 2.49. The van der Waals surface area contributed by atoms with E-state index in [0.717, 1.165) is 5.56 Å². The number of nitriles is 1. The Morgan fingerprint density at radius 3 is 2.28 bits per heavy atom. The molecule has 0 aliphatic carbocycles. The van der Waals surface area contributed by atoms with E-state index in [1.54, 1.807) is 25.3 Å². The molecule has 2 rings (SSSR count). The van der Waals surface area contributed by atoms with Crippen LogP contribution >= 0.6 is 0 Å². The minimum absolute atomic E-state index is 0.222. The van der Waals surface area contributed by atoms with E-state index in [-0.39, 0.29) is 11.3 Å². The van der Waals surface area contributed by atoms with Gasteiger partial charge in [0.1, 0.15) is 0 Å². The topological polar surface area (TPSA) is 71.3 Å². The number of rotatable bonds is 6. The summed E-state index contributed by atoms with van der Waals surface area (Å²) in [6.45, 7) is 4.04. The molecule has 2 aromatic carbocycles. The second-order valence-corrected chi connectivity index (χ2v) is 6.32. The summed E-state index contributed by atoms with van der Waals surface area (Å²) < 4.78 is 10.4. The van der Waals surface area contributed by atoms with Crippen molar-refractivity contribution in [3.63, 3.8) is 0 Å². The Labute approximate surface area is 148 Å². The summed E-state index contributed by atoms with van der Waals surface area (Å²) in [5.74, 6) is 0.844. The minimum Gasteiger partial charge on any atom is -0.493 e. The molecule has 0 radical (unpaired) electrons. The highest BCUT2D eigenvalue weighted by molar-refractivity contribution is 6.04. The van der Waals surface area contributed by atoms with Gasteiger partial charge < -0.3 is 14.8 Å². The van der Waals surface area contributed by atoms with Crippen LogP contribution in [0.15, 0.2) is 42.5 Å². The van der Waals surface area contributed by atoms with Crippen LogP contribution in [0.25, 0.3) is 0 Å². The number of carbonyl (C=O) groups is 1. The number of methoxy groups -OCH3 is 2. The lowest BCUT2D eigenvalue weighted by Crippen LogP contribution is -2.16. The molecule has 25 heavy (non-hydrogen) atoms. The number of hydrogen-bond donors (Lipinski definition) is 1. The van der Waals surface area contributed by atoms with E-state index in [0.29, 0.717) is 29.2 Å². The van der Waals surface area contributed by atoms with Gasteiger partial charge in [0.15, 0.2) is 11.5 Å². The van der Waals surface area contributed by atoms with Gasteiger partial charge in [0.2, 0.25) is 0 Å². The summed E-state index contributed by atoms with van der Waals surface area (Å²) in [6, 6.07) is 14.8. The molecule has 0 bridgehead atoms. The predicted molar refractivity (Wildman–Crippen MR) is 97.2 cm³/mol. The van der Waals surface area contributed by atoms with Gasteiger partial charge in [-0.25, -0.2) is 0 Å². The molecule has 0 aromatic heterocycles. The molecule has 0 heterocycles. The maximum Gasteiger partial charge on any atom is 0.255 e. The average molecular weight is 338 g/mol. The Morgan fingerprint density at radius 2 is 1.72 bits per heavy atom. The number of ether oxygens (including phenoxy) is 2. The lowest BCUT2D eigenvalue weighted by atomic mass is 9.82. The van der Waals surface area contributed by atoms with Gasteiger partial charge in [-0.1, -0.05) is 26.0 Å². The van der Waals surface area contributed by atoms with Crippen molar-refractivity contribution < 1.29 is 14.3 Å². The van der Waals surface area contributed by atoms with Crippen LogP contribution < -0.4 is 14.8 Å². The number of anilines is 1. The number of benzene rings is 2. The molecule has 1 N–H and O–H groups in total. The Hall–Kier alpha value is -3.00. The average Bonchev–Trinajstić information content (AvgIpc) is 2.61. The number of nitrogens with zero attached hydrogens (tertiary/aromatic N) is 1. The van der Waals surface area contributed by atoms with Crippen molar-refractivity contribution in [3.8, 4) is 17.6 Å². The Bertz CT molecular complexity index is 790. The first-order chi connectivity index (χ1) is 11.9. The van der Waals surface area contributed by atoms with E-state index in [4.69, 9.17) is 14.7 Å². The quantitative estimate of drug-likeness (QED) is 0.859. The monoisotopic (exact) mass is 338 g/mol. The van der Waals surface area contributed by atoms with Gasteiger partial charge in [0.25, 0.3) is 5.91 Å². The lowest BCUT2D eigenvalue weighted by Gasteiger charge is -2.22. The number of nitrogens with one attached hydrogen (secondary N) is 1. The summed E-state index contributed by atoms with van der Waals surface area (Å²) in [6.07, 6.45) is 0.435. The van der Waals surface area contributed by atoms with E-state index < -0.39 is 0 Å². The Morgan fingerprint density at radius 1 is 1.08 bits per heavy atom. The summed E-state index contributed by atoms with van der Waals surface area (Å²) in [5, 5.41) is 11.8. The summed E-state index contributed by atoms with van der Waals surface area (Å²) >= 11 is 0. The van der Waals surface area contributed by atoms with Crippen LogP contribution in [0.2, 0.25) is 0 Å². The normalized spacial score (nSPS) is 10.7. The van der Waals surface area contributed by atoms with Crippen molar-refractivity contribution in [1.29, 1.82) is 5.26 Å². The second-order valence-electron chi connectivity index (χ2n) is 6.32. The van der Waals surface area contributed by atoms with E-state index >= 15 is 0 Å². The third kappa shape index (κ3) is 4.30. The highest BCUT2D eigenvalue weighted by Crippen LogP contribution is 2.29. The first kappa shape index (κ1) is 18.3. The molecule has 0 fully saturated rings. The Kier molecular flexibility index (Phi) is 5.66. The summed E-state index contributed by atoms with van der Waals surface area (Å²) in [7, 11) is 3.08. The third-order valence-corrected chi connectivity index (χ3v) is 4.09. The molecule has 130 valence electrons. The number of carbonyl (C=O) groups excluding carboxylic acids is 1. The van der Waals surface area contributed by atoms with E-state index in [2.05, 4.69) is 11.4 Å². The van der Waals surface area contributed by atoms with Gasteiger partial charge in [-0.3, -0.25) is 4.79 Å². The lowest BCUT2D eigenvalue weighted by molar-refractivity contribution is 0.102. The molecule has 2 aromatic rings. The van der Waals surface area contributed by atoms with Gasteiger partial charge in [-0.2, -0.15) is 5.26 Å². The van der Waals surface area contributed by atoms with E-state index in [1.165, 1.54) is 7.11 Å². The van der Waals surface area contributed by atoms with Crippen molar-refractivity contribution in [2.75, 3.05) is 19.5 Å². The summed E-state index contributed by atoms with van der Waals surface area (Å²) in [4.78, 5) is 12.4. The SMILES string of the molecule is COc1ccc(C(=O)Nc2ccc(C(C)(C)CC#N)cc2)cc1OC. The van der Waals surface area contributed by atoms with Gasteiger partial charge in [0, 0.05) is 23.1 Å². The molecule has 0 spiro atoms. The zero-order chi connectivity index (χ0) is 18.4. The molecule has 0 saturated heterocycles. The van der Waals surface area contributed by atoms with Crippen molar-refractivity contribution >= 4 is 11.6 Å². The Balaban J connectivity index is 2.15. The number of hydrogen-bond acceptors (Lipinski definition) is 4. The highest BCUT2D eigenvalue weighted by atomic mass is 16.5. The van der Waals surface area contributed by atoms with Gasteiger partial charge in [0.05, 0.1) is 20.3 Å². The van der Waals surface area contributed by atoms with Crippen LogP contribution in [-0.4, -0.2) is 20.1 Å². The van der Waals surface area contributed by atoms with Crippen molar-refractivity contribution in [2.45, 2.75) is 25.7 Å². The van der Waals surface area contributed by atoms with Crippen LogP contribution in [-0.2, 0) is 5.41 Å². The van der Waals surface area contributed by atoms with Crippen LogP contribution in [0, 0.1) is 11.3 Å². The van der Waals surface area contributed by atoms with Crippen LogP contribution in [0.3, 0.4) is 0 Å². The van der Waals surface area contributed by atoms with Crippen molar-refractivity contribution in [1.82, 2.24) is 0 Å². The standard InChI is InChI=1S/C20H22N2O3/c1-20(2,11-12-21)15-6-8-16(9-7-15)22-19(23)14-5-10-17(24-3)18(13-14)25-4/h5-10,13H,11H2,1-4H3,(H,22,23). The fourth-order valence-corrected chi connectivity index (χ4v) is 2.49. The van der Waals surface area contributed by atoms with Gasteiger partial charge >= 0.3 is 0 Å². The third-order valence-electron chi connectivity index (χ3n) is 4.09. The molecule has 0 unspecified atom stereocenters. The molecule has 5 heteroatoms. The van der Waals surface area contributed by atoms with Crippen molar-refractivity contribution in [2.24, 2.45) is 0 Å². The molecular weight excluding hydrogens is 316 g/mol. The number of amides is 1. The smallest absolute Gasteiger partial charge is 0.255 e. The zero-order valence-corrected chi connectivity index (χ0v) is 14.9. The van der Waals surface area contributed by atoms with Gasteiger partial charge in [-0.15, -0.1) is 0 Å². The zero-order valence-electron chi connectivity index (χ0n) is 14.9. The van der Waals surface area contributed by atoms with Gasteiger partial charge in [-0.05, 0) is 35.9 Å². The minimum atomic E-state index is -0.231. The molecule has 0 aliphatic heterocycles. The molecular formula is C20H22N2O3. The largest absolute Gasteiger partial charge is 0.493 e. The molecule has 0 aliphatic rings. The first-order valence-electron chi connectivity index (χ1n) is 7.92. The molecule has 0 atom stereocenters. The predicted octanol–water partition coefficient (Wildman–Crippen LogP) is 4.15. The molecule has 5 nitrogen and oxygen atoms in total. The maximum atomic E-state index is 12.4. The highest BCUT2D eigenvalue weighted by Gasteiger charge is 2.20. The molecule has 1 amide bonds. The second kappa shape index (κ2) is 7.71. The van der Waals surface area contributed by atoms with Crippen LogP contribution in [0.4, 0.5) is 5.69 Å². The molecule has 0 saturated carbocycles. The fraction of sp³-hybridized carbons (Fsp3) is 0.300. The van der Waals surface area contributed by atoms with Crippen LogP contribution in [0.1, 0.15) is 36.2 Å². The first-order valence-corrected chi connectivity index (χ1v) is 7.92. The summed E-state index contributed by atoms with van der Waals surface area (Å²) in [5.41, 5.74) is 2.00. The van der Waals surface area contributed by atoms with Crippen LogP contribution in [0.5, 0.6) is 11.5 Å².